The van der Waals surface area contributed by atoms with Crippen molar-refractivity contribution in [3.63, 3.8) is 0 Å². The largest absolute Gasteiger partial charge is 0.265 e. The lowest BCUT2D eigenvalue weighted by atomic mass is 10.0. The van der Waals surface area contributed by atoms with Crippen molar-refractivity contribution in [2.24, 2.45) is 4.99 Å². The Balaban J connectivity index is 2.35. The molecule has 0 saturated heterocycles. The maximum Gasteiger partial charge on any atom is 0.0381 e. The van der Waals surface area contributed by atoms with Crippen molar-refractivity contribution in [1.82, 2.24) is 4.98 Å². The van der Waals surface area contributed by atoms with Crippen LogP contribution in [0, 0.1) is 13.8 Å². The van der Waals surface area contributed by atoms with Crippen molar-refractivity contribution in [3.8, 4) is 0 Å². The van der Waals surface area contributed by atoms with Crippen LogP contribution in [0.5, 0.6) is 0 Å². The molecule has 0 spiro atoms. The van der Waals surface area contributed by atoms with Crippen LogP contribution < -0.4 is 0 Å². The van der Waals surface area contributed by atoms with E-state index in [4.69, 9.17) is 0 Å². The average molecular weight is 186 g/mol. The molecular weight excluding hydrogens is 172 g/mol. The van der Waals surface area contributed by atoms with E-state index in [9.17, 15) is 0 Å². The number of pyridine rings is 1. The molecular formula is C12H14N2. The van der Waals surface area contributed by atoms with Crippen LogP contribution in [0.2, 0.25) is 0 Å². The summed E-state index contributed by atoms with van der Waals surface area (Å²) in [4.78, 5) is 8.65. The molecule has 14 heavy (non-hydrogen) atoms. The summed E-state index contributed by atoms with van der Waals surface area (Å²) in [6.07, 6.45) is 2.94. The minimum atomic E-state index is 0.975. The molecule has 0 aromatic carbocycles. The van der Waals surface area contributed by atoms with Crippen LogP contribution in [-0.4, -0.2) is 10.7 Å². The highest BCUT2D eigenvalue weighted by Crippen LogP contribution is 2.24. The van der Waals surface area contributed by atoms with Crippen LogP contribution in [0.15, 0.2) is 23.3 Å². The standard InChI is InChI=1S/C12H14N2/c1-8-4-12(7-13-8)11-5-9(2)14-10(3)6-11/h5-7H,4H2,1-3H3. The van der Waals surface area contributed by atoms with Gasteiger partial charge in [0, 0.05) is 29.7 Å². The van der Waals surface area contributed by atoms with Crippen molar-refractivity contribution in [2.45, 2.75) is 27.2 Å². The third-order valence-corrected chi connectivity index (χ3v) is 2.34. The van der Waals surface area contributed by atoms with E-state index in [0.717, 1.165) is 17.8 Å². The summed E-state index contributed by atoms with van der Waals surface area (Å²) in [5.74, 6) is 0. The van der Waals surface area contributed by atoms with Gasteiger partial charge in [-0.1, -0.05) is 0 Å². The average Bonchev–Trinajstić information content (AvgIpc) is 2.50. The summed E-state index contributed by atoms with van der Waals surface area (Å²) in [7, 11) is 0. The second kappa shape index (κ2) is 3.37. The zero-order valence-electron chi connectivity index (χ0n) is 8.83. The van der Waals surface area contributed by atoms with Gasteiger partial charge in [-0.25, -0.2) is 0 Å². The van der Waals surface area contributed by atoms with Gasteiger partial charge in [-0.05, 0) is 44.0 Å². The highest BCUT2D eigenvalue weighted by atomic mass is 14.7. The number of rotatable bonds is 1. The van der Waals surface area contributed by atoms with Crippen molar-refractivity contribution < 1.29 is 0 Å². The first-order valence-electron chi connectivity index (χ1n) is 4.83. The van der Waals surface area contributed by atoms with Crippen molar-refractivity contribution in [1.29, 1.82) is 0 Å². The molecule has 1 aromatic heterocycles. The fourth-order valence-corrected chi connectivity index (χ4v) is 1.75. The lowest BCUT2D eigenvalue weighted by molar-refractivity contribution is 1.11. The summed E-state index contributed by atoms with van der Waals surface area (Å²) in [5.41, 5.74) is 5.90. The van der Waals surface area contributed by atoms with Crippen molar-refractivity contribution >= 4 is 11.3 Å². The first kappa shape index (κ1) is 9.13. The van der Waals surface area contributed by atoms with E-state index < -0.39 is 0 Å². The zero-order chi connectivity index (χ0) is 10.1. The van der Waals surface area contributed by atoms with E-state index in [1.54, 1.807) is 0 Å². The van der Waals surface area contributed by atoms with Crippen LogP contribution in [0.4, 0.5) is 0 Å². The fraction of sp³-hybridized carbons (Fsp3) is 0.333. The predicted octanol–water partition coefficient (Wildman–Crippen LogP) is 2.90. The molecule has 1 aliphatic rings. The Hall–Kier alpha value is -1.44. The van der Waals surface area contributed by atoms with Gasteiger partial charge in [-0.15, -0.1) is 0 Å². The molecule has 0 amide bonds. The number of aromatic nitrogens is 1. The molecule has 1 aromatic rings. The number of nitrogens with zero attached hydrogens (tertiary/aromatic N) is 2. The summed E-state index contributed by atoms with van der Waals surface area (Å²) < 4.78 is 0. The van der Waals surface area contributed by atoms with Gasteiger partial charge in [0.15, 0.2) is 0 Å². The molecule has 0 fully saturated rings. The quantitative estimate of drug-likeness (QED) is 0.662. The summed E-state index contributed by atoms with van der Waals surface area (Å²) in [5, 5.41) is 0. The SMILES string of the molecule is CC1=NC=C(c2cc(C)nc(C)c2)C1. The number of allylic oxidation sites excluding steroid dienone is 1. The molecule has 0 atom stereocenters. The predicted molar refractivity (Wildman–Crippen MR) is 59.4 cm³/mol. The number of hydrogen-bond donors (Lipinski definition) is 0. The van der Waals surface area contributed by atoms with Crippen molar-refractivity contribution in [2.75, 3.05) is 0 Å². The molecule has 0 unspecified atom stereocenters. The molecule has 72 valence electrons. The number of hydrogen-bond acceptors (Lipinski definition) is 2. The van der Waals surface area contributed by atoms with E-state index in [-0.39, 0.29) is 0 Å². The molecule has 0 saturated carbocycles. The van der Waals surface area contributed by atoms with Gasteiger partial charge < -0.3 is 0 Å². The Morgan fingerprint density at radius 3 is 2.21 bits per heavy atom. The van der Waals surface area contributed by atoms with Crippen LogP contribution in [0.3, 0.4) is 0 Å². The van der Waals surface area contributed by atoms with E-state index in [0.29, 0.717) is 0 Å². The van der Waals surface area contributed by atoms with E-state index in [1.165, 1.54) is 16.8 Å². The Morgan fingerprint density at radius 1 is 1.07 bits per heavy atom. The van der Waals surface area contributed by atoms with Crippen LogP contribution in [-0.2, 0) is 0 Å². The molecule has 0 N–H and O–H groups in total. The highest BCUT2D eigenvalue weighted by molar-refractivity contribution is 5.96. The monoisotopic (exact) mass is 186 g/mol. The van der Waals surface area contributed by atoms with Gasteiger partial charge in [-0.2, -0.15) is 0 Å². The van der Waals surface area contributed by atoms with E-state index in [2.05, 4.69) is 29.0 Å². The molecule has 2 nitrogen and oxygen atoms in total. The fourth-order valence-electron chi connectivity index (χ4n) is 1.75. The second-order valence-electron chi connectivity index (χ2n) is 3.83. The molecule has 0 bridgehead atoms. The first-order chi connectivity index (χ1) is 6.65. The minimum absolute atomic E-state index is 0.975. The highest BCUT2D eigenvalue weighted by Gasteiger charge is 2.09. The topological polar surface area (TPSA) is 25.2 Å². The summed E-state index contributed by atoms with van der Waals surface area (Å²) in [6.45, 7) is 6.11. The smallest absolute Gasteiger partial charge is 0.0381 e. The maximum atomic E-state index is 4.36. The van der Waals surface area contributed by atoms with Gasteiger partial charge in [0.25, 0.3) is 0 Å². The molecule has 2 heteroatoms. The minimum Gasteiger partial charge on any atom is -0.265 e. The third kappa shape index (κ3) is 1.74. The Labute approximate surface area is 84.4 Å². The van der Waals surface area contributed by atoms with Crippen LogP contribution in [0.1, 0.15) is 30.3 Å². The molecule has 0 radical (unpaired) electrons. The normalized spacial score (nSPS) is 15.4. The van der Waals surface area contributed by atoms with E-state index in [1.807, 2.05) is 20.0 Å². The maximum absolute atomic E-state index is 4.36. The van der Waals surface area contributed by atoms with E-state index >= 15 is 0 Å². The first-order valence-corrected chi connectivity index (χ1v) is 4.83. The number of aryl methyl sites for hydroxylation is 2. The Bertz CT molecular complexity index is 408. The zero-order valence-corrected chi connectivity index (χ0v) is 8.83. The molecule has 0 aliphatic carbocycles. The van der Waals surface area contributed by atoms with Crippen molar-refractivity contribution in [3.05, 3.63) is 35.3 Å². The lowest BCUT2D eigenvalue weighted by Crippen LogP contribution is -1.92. The van der Waals surface area contributed by atoms with Crippen LogP contribution >= 0.6 is 0 Å². The van der Waals surface area contributed by atoms with Gasteiger partial charge >= 0.3 is 0 Å². The molecule has 2 heterocycles. The van der Waals surface area contributed by atoms with Gasteiger partial charge in [-0.3, -0.25) is 9.98 Å². The lowest BCUT2D eigenvalue weighted by Gasteiger charge is -2.04. The number of aliphatic imine (C=N–C) groups is 1. The summed E-state index contributed by atoms with van der Waals surface area (Å²) in [6, 6.07) is 4.24. The molecule has 1 aliphatic heterocycles. The molecule has 2 rings (SSSR count). The van der Waals surface area contributed by atoms with Gasteiger partial charge in [0.05, 0.1) is 0 Å². The summed E-state index contributed by atoms with van der Waals surface area (Å²) >= 11 is 0. The third-order valence-electron chi connectivity index (χ3n) is 2.34. The van der Waals surface area contributed by atoms with Gasteiger partial charge in [0.2, 0.25) is 0 Å². The van der Waals surface area contributed by atoms with Crippen LogP contribution in [0.25, 0.3) is 5.57 Å². The van der Waals surface area contributed by atoms with Gasteiger partial charge in [0.1, 0.15) is 0 Å². The Morgan fingerprint density at radius 2 is 1.71 bits per heavy atom. The second-order valence-corrected chi connectivity index (χ2v) is 3.83. The Kier molecular flexibility index (Phi) is 2.20.